The molecule has 0 radical (unpaired) electrons. The molecule has 0 bridgehead atoms. The SMILES string of the molecule is CCOP(=O)(/C=C(/CBr)N(CC)CC)OCC. The Bertz CT molecular complexity index is 270. The van der Waals surface area contributed by atoms with E-state index in [1.807, 2.05) is 13.8 Å². The molecule has 0 aliphatic rings. The monoisotopic (exact) mass is 327 g/mol. The van der Waals surface area contributed by atoms with E-state index in [4.69, 9.17) is 9.05 Å². The van der Waals surface area contributed by atoms with Gasteiger partial charge in [-0.25, -0.2) is 0 Å². The molecule has 0 aliphatic carbocycles. The van der Waals surface area contributed by atoms with Crippen LogP contribution in [0.15, 0.2) is 11.5 Å². The lowest BCUT2D eigenvalue weighted by atomic mass is 10.4. The smallest absolute Gasteiger partial charge is 0.355 e. The van der Waals surface area contributed by atoms with Gasteiger partial charge >= 0.3 is 7.60 Å². The van der Waals surface area contributed by atoms with Crippen LogP contribution in [0.2, 0.25) is 0 Å². The maximum absolute atomic E-state index is 12.4. The van der Waals surface area contributed by atoms with Gasteiger partial charge in [0.25, 0.3) is 0 Å². The first-order valence-corrected chi connectivity index (χ1v) is 8.71. The van der Waals surface area contributed by atoms with E-state index >= 15 is 0 Å². The normalized spacial score (nSPS) is 12.9. The van der Waals surface area contributed by atoms with Crippen LogP contribution in [0.25, 0.3) is 0 Å². The van der Waals surface area contributed by atoms with E-state index in [-0.39, 0.29) is 0 Å². The zero-order chi connectivity index (χ0) is 13.3. The summed E-state index contributed by atoms with van der Waals surface area (Å²) in [5.41, 5.74) is 0.945. The van der Waals surface area contributed by atoms with Gasteiger partial charge in [0, 0.05) is 29.9 Å². The highest BCUT2D eigenvalue weighted by Gasteiger charge is 2.22. The van der Waals surface area contributed by atoms with Gasteiger partial charge in [0.1, 0.15) is 0 Å². The lowest BCUT2D eigenvalue weighted by Crippen LogP contribution is -2.23. The fourth-order valence-electron chi connectivity index (χ4n) is 1.48. The third-order valence-corrected chi connectivity index (χ3v) is 4.66. The van der Waals surface area contributed by atoms with Crippen LogP contribution in [-0.2, 0) is 13.6 Å². The average molecular weight is 328 g/mol. The summed E-state index contributed by atoms with van der Waals surface area (Å²) in [6.07, 6.45) is 0. The van der Waals surface area contributed by atoms with Gasteiger partial charge < -0.3 is 13.9 Å². The second-order valence-corrected chi connectivity index (χ2v) is 5.72. The van der Waals surface area contributed by atoms with Crippen molar-refractivity contribution >= 4 is 23.5 Å². The minimum absolute atomic E-state index is 0.377. The number of hydrogen-bond donors (Lipinski definition) is 0. The fraction of sp³-hybridized carbons (Fsp3) is 0.818. The molecule has 0 fully saturated rings. The lowest BCUT2D eigenvalue weighted by Gasteiger charge is -2.24. The van der Waals surface area contributed by atoms with Crippen LogP contribution in [0.4, 0.5) is 0 Å². The van der Waals surface area contributed by atoms with Crippen molar-refractivity contribution in [3.63, 3.8) is 0 Å². The van der Waals surface area contributed by atoms with Crippen molar-refractivity contribution in [1.82, 2.24) is 4.90 Å². The summed E-state index contributed by atoms with van der Waals surface area (Å²) < 4.78 is 22.9. The molecule has 0 unspecified atom stereocenters. The van der Waals surface area contributed by atoms with Gasteiger partial charge in [-0.3, -0.25) is 4.57 Å². The van der Waals surface area contributed by atoms with E-state index in [2.05, 4.69) is 34.7 Å². The van der Waals surface area contributed by atoms with Crippen molar-refractivity contribution in [2.45, 2.75) is 27.7 Å². The van der Waals surface area contributed by atoms with Gasteiger partial charge in [-0.2, -0.15) is 0 Å². The number of hydrogen-bond acceptors (Lipinski definition) is 4. The molecule has 102 valence electrons. The highest BCUT2D eigenvalue weighted by Crippen LogP contribution is 2.50. The van der Waals surface area contributed by atoms with Gasteiger partial charge in [0.15, 0.2) is 0 Å². The predicted molar refractivity (Wildman–Crippen MR) is 75.7 cm³/mol. The van der Waals surface area contributed by atoms with Gasteiger partial charge in [-0.05, 0) is 27.7 Å². The number of allylic oxidation sites excluding steroid dienone is 1. The second kappa shape index (κ2) is 9.15. The molecule has 0 saturated carbocycles. The Morgan fingerprint density at radius 2 is 1.65 bits per heavy atom. The summed E-state index contributed by atoms with van der Waals surface area (Å²) >= 11 is 3.41. The molecule has 4 nitrogen and oxygen atoms in total. The van der Waals surface area contributed by atoms with Crippen LogP contribution < -0.4 is 0 Å². The molecule has 0 saturated heterocycles. The Kier molecular flexibility index (Phi) is 9.24. The summed E-state index contributed by atoms with van der Waals surface area (Å²) in [5, 5.41) is 0.638. The molecular weight excluding hydrogens is 305 g/mol. The molecule has 0 heterocycles. The number of halogens is 1. The van der Waals surface area contributed by atoms with Crippen molar-refractivity contribution < 1.29 is 13.6 Å². The Balaban J connectivity index is 5.03. The molecule has 0 aliphatic heterocycles. The lowest BCUT2D eigenvalue weighted by molar-refractivity contribution is 0.228. The molecule has 0 aromatic rings. The molecule has 0 spiro atoms. The van der Waals surface area contributed by atoms with E-state index < -0.39 is 7.60 Å². The van der Waals surface area contributed by atoms with E-state index in [0.29, 0.717) is 18.5 Å². The molecular formula is C11H23BrNO3P. The van der Waals surface area contributed by atoms with Crippen molar-refractivity contribution in [3.05, 3.63) is 11.5 Å². The Labute approximate surface area is 113 Å². The zero-order valence-corrected chi connectivity index (χ0v) is 13.6. The van der Waals surface area contributed by atoms with Crippen LogP contribution in [0.3, 0.4) is 0 Å². The van der Waals surface area contributed by atoms with Crippen molar-refractivity contribution in [2.75, 3.05) is 31.6 Å². The Morgan fingerprint density at radius 1 is 1.18 bits per heavy atom. The van der Waals surface area contributed by atoms with Gasteiger partial charge in [0.05, 0.1) is 13.2 Å². The van der Waals surface area contributed by atoms with Gasteiger partial charge in [-0.1, -0.05) is 15.9 Å². The third kappa shape index (κ3) is 6.05. The molecule has 0 aromatic carbocycles. The Hall–Kier alpha value is 0.170. The first-order valence-electron chi connectivity index (χ1n) is 5.98. The maximum atomic E-state index is 12.4. The fourth-order valence-corrected chi connectivity index (χ4v) is 3.81. The number of rotatable bonds is 9. The van der Waals surface area contributed by atoms with Gasteiger partial charge in [0.2, 0.25) is 0 Å². The van der Waals surface area contributed by atoms with Crippen molar-refractivity contribution in [1.29, 1.82) is 0 Å². The van der Waals surface area contributed by atoms with Crippen LogP contribution in [-0.4, -0.2) is 36.5 Å². The molecule has 0 atom stereocenters. The van der Waals surface area contributed by atoms with E-state index in [1.165, 1.54) is 0 Å². The van der Waals surface area contributed by atoms with Crippen LogP contribution >= 0.6 is 23.5 Å². The topological polar surface area (TPSA) is 38.8 Å². The molecule has 6 heteroatoms. The van der Waals surface area contributed by atoms with Crippen molar-refractivity contribution in [2.24, 2.45) is 0 Å². The largest absolute Gasteiger partial charge is 0.374 e. The molecule has 17 heavy (non-hydrogen) atoms. The van der Waals surface area contributed by atoms with Crippen LogP contribution in [0, 0.1) is 0 Å². The van der Waals surface area contributed by atoms with Crippen LogP contribution in [0.1, 0.15) is 27.7 Å². The minimum atomic E-state index is -3.11. The molecule has 0 N–H and O–H groups in total. The van der Waals surface area contributed by atoms with Gasteiger partial charge in [-0.15, -0.1) is 0 Å². The summed E-state index contributed by atoms with van der Waals surface area (Å²) in [6.45, 7) is 10.2. The number of alkyl halides is 1. The Morgan fingerprint density at radius 3 is 1.94 bits per heavy atom. The first kappa shape index (κ1) is 17.2. The van der Waals surface area contributed by atoms with Crippen LogP contribution in [0.5, 0.6) is 0 Å². The standard InChI is InChI=1S/C11H23BrNO3P/c1-5-13(6-2)11(9-12)10-17(14,15-7-3)16-8-4/h10H,5-9H2,1-4H3/b11-10-. The second-order valence-electron chi connectivity index (χ2n) is 3.30. The maximum Gasteiger partial charge on any atom is 0.355 e. The summed E-state index contributed by atoms with van der Waals surface area (Å²) in [7, 11) is -3.11. The third-order valence-electron chi connectivity index (χ3n) is 2.23. The molecule has 0 amide bonds. The molecule has 0 rings (SSSR count). The average Bonchev–Trinajstić information content (AvgIpc) is 2.29. The summed E-state index contributed by atoms with van der Waals surface area (Å²) in [6, 6.07) is 0. The highest BCUT2D eigenvalue weighted by molar-refractivity contribution is 9.09. The summed E-state index contributed by atoms with van der Waals surface area (Å²) in [4.78, 5) is 2.12. The van der Waals surface area contributed by atoms with Crippen molar-refractivity contribution in [3.8, 4) is 0 Å². The molecule has 0 aromatic heterocycles. The first-order chi connectivity index (χ1) is 8.06. The minimum Gasteiger partial charge on any atom is -0.374 e. The quantitative estimate of drug-likeness (QED) is 0.476. The van der Waals surface area contributed by atoms with E-state index in [9.17, 15) is 4.57 Å². The van der Waals surface area contributed by atoms with E-state index in [0.717, 1.165) is 18.8 Å². The summed E-state index contributed by atoms with van der Waals surface area (Å²) in [5.74, 6) is 1.63. The zero-order valence-electron chi connectivity index (χ0n) is 11.1. The highest BCUT2D eigenvalue weighted by atomic mass is 79.9. The van der Waals surface area contributed by atoms with E-state index in [1.54, 1.807) is 5.82 Å². The predicted octanol–water partition coefficient (Wildman–Crippen LogP) is 3.83. The number of nitrogens with zero attached hydrogens (tertiary/aromatic N) is 1.